The maximum atomic E-state index is 12.4. The first-order valence-corrected chi connectivity index (χ1v) is 8.28. The zero-order chi connectivity index (χ0) is 19.5. The van der Waals surface area contributed by atoms with Gasteiger partial charge in [-0.3, -0.25) is 14.9 Å². The van der Waals surface area contributed by atoms with Crippen LogP contribution in [0.15, 0.2) is 75.6 Å². The molecule has 0 aliphatic rings. The van der Waals surface area contributed by atoms with Gasteiger partial charge in [0.1, 0.15) is 16.2 Å². The lowest BCUT2D eigenvalue weighted by molar-refractivity contribution is -0.402. The number of aromatic nitrogens is 1. The number of fused-ring (bicyclic) bond motifs is 1. The second-order valence-corrected chi connectivity index (χ2v) is 5.82. The number of benzene rings is 2. The third-order valence-corrected chi connectivity index (χ3v) is 3.88. The molecule has 0 saturated carbocycles. The Morgan fingerprint density at radius 2 is 1.93 bits per heavy atom. The molecule has 0 saturated heterocycles. The Morgan fingerprint density at radius 1 is 1.07 bits per heavy atom. The third kappa shape index (κ3) is 3.65. The molecule has 1 N–H and O–H groups in total. The summed E-state index contributed by atoms with van der Waals surface area (Å²) in [4.78, 5) is 26.7. The summed E-state index contributed by atoms with van der Waals surface area (Å²) in [7, 11) is 0. The second kappa shape index (κ2) is 7.20. The van der Waals surface area contributed by atoms with E-state index in [9.17, 15) is 14.9 Å². The molecular formula is C20H13N3O5. The van der Waals surface area contributed by atoms with E-state index in [1.165, 1.54) is 24.3 Å². The molecule has 0 radical (unpaired) electrons. The quantitative estimate of drug-likeness (QED) is 0.219. The number of allylic oxidation sites excluding steroid dienone is 1. The number of nitrogens with one attached hydrogen (secondary N) is 1. The lowest BCUT2D eigenvalue weighted by Crippen LogP contribution is -1.96. The number of para-hydroxylation sites is 2. The van der Waals surface area contributed by atoms with Crippen LogP contribution in [0.1, 0.15) is 16.1 Å². The van der Waals surface area contributed by atoms with E-state index in [2.05, 4.69) is 10.3 Å². The van der Waals surface area contributed by atoms with Crippen LogP contribution in [0.2, 0.25) is 0 Å². The van der Waals surface area contributed by atoms with Crippen molar-refractivity contribution in [2.24, 2.45) is 0 Å². The molecule has 2 heterocycles. The van der Waals surface area contributed by atoms with Crippen LogP contribution in [0.5, 0.6) is 0 Å². The third-order valence-electron chi connectivity index (χ3n) is 3.88. The van der Waals surface area contributed by atoms with E-state index >= 15 is 0 Å². The van der Waals surface area contributed by atoms with Crippen LogP contribution in [0.3, 0.4) is 0 Å². The summed E-state index contributed by atoms with van der Waals surface area (Å²) < 4.78 is 10.6. The summed E-state index contributed by atoms with van der Waals surface area (Å²) in [5.74, 6) is -0.433. The average Bonchev–Trinajstić information content (AvgIpc) is 3.32. The van der Waals surface area contributed by atoms with Crippen LogP contribution in [-0.4, -0.2) is 15.7 Å². The van der Waals surface area contributed by atoms with Crippen molar-refractivity contribution in [3.63, 3.8) is 0 Å². The van der Waals surface area contributed by atoms with Crippen molar-refractivity contribution in [3.8, 4) is 0 Å². The minimum Gasteiger partial charge on any atom is -0.423 e. The number of oxazole rings is 1. The smallest absolute Gasteiger partial charge is 0.423 e. The minimum absolute atomic E-state index is 0.223. The summed E-state index contributed by atoms with van der Waals surface area (Å²) in [6, 6.07) is 17.2. The SMILES string of the molecule is O=C(/C=C/c1ccc([N+](=O)[O-])o1)c1cccc(Nc2nc3ccccc3o2)c1. The van der Waals surface area contributed by atoms with Crippen LogP contribution in [0.4, 0.5) is 17.6 Å². The number of ketones is 1. The first-order chi connectivity index (χ1) is 13.6. The van der Waals surface area contributed by atoms with E-state index in [0.717, 1.165) is 5.52 Å². The van der Waals surface area contributed by atoms with E-state index in [1.807, 2.05) is 24.3 Å². The van der Waals surface area contributed by atoms with E-state index in [4.69, 9.17) is 8.83 Å². The highest BCUT2D eigenvalue weighted by molar-refractivity contribution is 6.07. The van der Waals surface area contributed by atoms with Gasteiger partial charge >= 0.3 is 5.88 Å². The first-order valence-electron chi connectivity index (χ1n) is 8.28. The maximum Gasteiger partial charge on any atom is 0.433 e. The Kier molecular flexibility index (Phi) is 4.43. The van der Waals surface area contributed by atoms with Crippen LogP contribution < -0.4 is 5.32 Å². The van der Waals surface area contributed by atoms with Crippen molar-refractivity contribution in [2.75, 3.05) is 5.32 Å². The molecule has 0 bridgehead atoms. The summed E-state index contributed by atoms with van der Waals surface area (Å²) in [6.45, 7) is 0. The molecule has 0 aliphatic heterocycles. The zero-order valence-corrected chi connectivity index (χ0v) is 14.4. The van der Waals surface area contributed by atoms with E-state index in [1.54, 1.807) is 24.3 Å². The highest BCUT2D eigenvalue weighted by atomic mass is 16.6. The molecule has 2 aromatic heterocycles. The van der Waals surface area contributed by atoms with Gasteiger partial charge in [-0.1, -0.05) is 24.3 Å². The monoisotopic (exact) mass is 375 g/mol. The molecule has 0 spiro atoms. The Morgan fingerprint density at radius 3 is 2.71 bits per heavy atom. The minimum atomic E-state index is -0.638. The highest BCUT2D eigenvalue weighted by Gasteiger charge is 2.11. The molecule has 4 rings (SSSR count). The summed E-state index contributed by atoms with van der Waals surface area (Å²) >= 11 is 0. The largest absolute Gasteiger partial charge is 0.433 e. The Hall–Kier alpha value is -4.20. The van der Waals surface area contributed by atoms with E-state index in [-0.39, 0.29) is 17.4 Å². The van der Waals surface area contributed by atoms with Crippen molar-refractivity contribution in [1.29, 1.82) is 0 Å². The van der Waals surface area contributed by atoms with Crippen LogP contribution >= 0.6 is 0 Å². The fourth-order valence-electron chi connectivity index (χ4n) is 2.58. The molecule has 28 heavy (non-hydrogen) atoms. The standard InChI is InChI=1S/C20H13N3O5/c24-17(10-8-15-9-11-19(27-15)23(25)26)13-4-3-5-14(12-13)21-20-22-16-6-1-2-7-18(16)28-20/h1-12H,(H,21,22)/b10-8+. The molecule has 0 aliphatic carbocycles. The molecule has 0 atom stereocenters. The van der Waals surface area contributed by atoms with Crippen molar-refractivity contribution in [3.05, 3.63) is 88.2 Å². The van der Waals surface area contributed by atoms with Gasteiger partial charge in [0.2, 0.25) is 0 Å². The molecule has 8 nitrogen and oxygen atoms in total. The molecule has 8 heteroatoms. The molecule has 4 aromatic rings. The fraction of sp³-hybridized carbons (Fsp3) is 0. The fourth-order valence-corrected chi connectivity index (χ4v) is 2.58. The van der Waals surface area contributed by atoms with Crippen LogP contribution in [-0.2, 0) is 0 Å². The van der Waals surface area contributed by atoms with Crippen molar-refractivity contribution in [1.82, 2.24) is 4.98 Å². The Balaban J connectivity index is 1.49. The van der Waals surface area contributed by atoms with Crippen LogP contribution in [0.25, 0.3) is 17.2 Å². The average molecular weight is 375 g/mol. The topological polar surface area (TPSA) is 111 Å². The van der Waals surface area contributed by atoms with E-state index < -0.39 is 4.92 Å². The van der Waals surface area contributed by atoms with Gasteiger partial charge in [-0.05, 0) is 42.5 Å². The highest BCUT2D eigenvalue weighted by Crippen LogP contribution is 2.23. The van der Waals surface area contributed by atoms with Crippen molar-refractivity contribution >= 4 is 40.5 Å². The molecule has 0 amide bonds. The van der Waals surface area contributed by atoms with Crippen molar-refractivity contribution in [2.45, 2.75) is 0 Å². The Labute approximate surface area is 158 Å². The number of carbonyl (C=O) groups is 1. The Bertz CT molecular complexity index is 1170. The normalized spacial score (nSPS) is 11.1. The predicted octanol–water partition coefficient (Wildman–Crippen LogP) is 4.97. The van der Waals surface area contributed by atoms with Gasteiger partial charge in [0.25, 0.3) is 6.01 Å². The number of furan rings is 1. The number of nitrogens with zero attached hydrogens (tertiary/aromatic N) is 2. The predicted molar refractivity (Wildman–Crippen MR) is 102 cm³/mol. The van der Waals surface area contributed by atoms with Crippen molar-refractivity contribution < 1.29 is 18.6 Å². The maximum absolute atomic E-state index is 12.4. The van der Waals surface area contributed by atoms with Gasteiger partial charge in [-0.2, -0.15) is 4.98 Å². The van der Waals surface area contributed by atoms with Gasteiger partial charge < -0.3 is 14.2 Å². The van der Waals surface area contributed by atoms with Gasteiger partial charge in [0, 0.05) is 11.3 Å². The first kappa shape index (κ1) is 17.2. The lowest BCUT2D eigenvalue weighted by Gasteiger charge is -2.03. The summed E-state index contributed by atoms with van der Waals surface area (Å²) in [5.41, 5.74) is 2.46. The number of carbonyl (C=O) groups excluding carboxylic acids is 1. The zero-order valence-electron chi connectivity index (χ0n) is 14.4. The number of anilines is 2. The second-order valence-electron chi connectivity index (χ2n) is 5.82. The number of rotatable bonds is 6. The van der Waals surface area contributed by atoms with E-state index in [0.29, 0.717) is 22.8 Å². The lowest BCUT2D eigenvalue weighted by atomic mass is 10.1. The molecule has 138 valence electrons. The van der Waals surface area contributed by atoms with Gasteiger partial charge in [0.15, 0.2) is 11.4 Å². The van der Waals surface area contributed by atoms with Gasteiger partial charge in [-0.15, -0.1) is 0 Å². The van der Waals surface area contributed by atoms with Gasteiger partial charge in [-0.25, -0.2) is 0 Å². The molecule has 2 aromatic carbocycles. The molecule has 0 fully saturated rings. The number of hydrogen-bond donors (Lipinski definition) is 1. The molecular weight excluding hydrogens is 362 g/mol. The van der Waals surface area contributed by atoms with Crippen LogP contribution in [0, 0.1) is 10.1 Å². The molecule has 0 unspecified atom stereocenters. The summed E-state index contributed by atoms with van der Waals surface area (Å²) in [5, 5.41) is 13.7. The summed E-state index contributed by atoms with van der Waals surface area (Å²) in [6.07, 6.45) is 2.68. The number of nitro groups is 1. The van der Waals surface area contributed by atoms with Gasteiger partial charge in [0.05, 0.1) is 6.07 Å². The number of hydrogen-bond acceptors (Lipinski definition) is 7.